The minimum atomic E-state index is 0.628. The molecule has 5 nitrogen and oxygen atoms in total. The summed E-state index contributed by atoms with van der Waals surface area (Å²) in [6, 6.07) is 1.91. The van der Waals surface area contributed by atoms with E-state index in [9.17, 15) is 0 Å². The number of aromatic amines is 1. The fourth-order valence-corrected chi connectivity index (χ4v) is 1.23. The summed E-state index contributed by atoms with van der Waals surface area (Å²) < 4.78 is 0. The maximum absolute atomic E-state index is 5.67. The highest BCUT2D eigenvalue weighted by Gasteiger charge is 1.99. The fourth-order valence-electron chi connectivity index (χ4n) is 1.23. The second-order valence-electron chi connectivity index (χ2n) is 3.32. The van der Waals surface area contributed by atoms with E-state index >= 15 is 0 Å². The summed E-state index contributed by atoms with van der Waals surface area (Å²) >= 11 is 0. The van der Waals surface area contributed by atoms with Gasteiger partial charge in [-0.2, -0.15) is 0 Å². The molecular weight excluding hydrogens is 190 g/mol. The Bertz CT molecular complexity index is 435. The number of hydrogen-bond donors (Lipinski definition) is 3. The Labute approximate surface area is 87.8 Å². The Morgan fingerprint density at radius 1 is 1.47 bits per heavy atom. The van der Waals surface area contributed by atoms with Crippen LogP contribution in [0.1, 0.15) is 11.4 Å². The van der Waals surface area contributed by atoms with Crippen molar-refractivity contribution in [3.8, 4) is 0 Å². The molecule has 0 bridgehead atoms. The molecule has 0 atom stereocenters. The first kappa shape index (κ1) is 9.51. The predicted molar refractivity (Wildman–Crippen MR) is 59.3 cm³/mol. The topological polar surface area (TPSA) is 79.6 Å². The number of H-pyrrole nitrogens is 1. The summed E-state index contributed by atoms with van der Waals surface area (Å²) in [7, 11) is 0. The lowest BCUT2D eigenvalue weighted by atomic mass is 10.2. The van der Waals surface area contributed by atoms with Gasteiger partial charge in [0.25, 0.3) is 0 Å². The van der Waals surface area contributed by atoms with Crippen LogP contribution in [-0.4, -0.2) is 15.0 Å². The van der Waals surface area contributed by atoms with E-state index in [0.29, 0.717) is 12.2 Å². The van der Waals surface area contributed by atoms with Crippen LogP contribution < -0.4 is 11.1 Å². The van der Waals surface area contributed by atoms with Crippen molar-refractivity contribution in [1.82, 2.24) is 15.0 Å². The summed E-state index contributed by atoms with van der Waals surface area (Å²) in [5.74, 6) is 1.68. The zero-order chi connectivity index (χ0) is 10.7. The van der Waals surface area contributed by atoms with Crippen molar-refractivity contribution in [3.05, 3.63) is 36.0 Å². The Hall–Kier alpha value is -2.04. The SMILES string of the molecule is Cc1cc(NCc2ncc[nH]2)ncc1N. The summed E-state index contributed by atoms with van der Waals surface area (Å²) in [6.07, 6.45) is 5.16. The van der Waals surface area contributed by atoms with E-state index in [-0.39, 0.29) is 0 Å². The van der Waals surface area contributed by atoms with Crippen LogP contribution in [-0.2, 0) is 6.54 Å². The molecule has 0 aromatic carbocycles. The second-order valence-corrected chi connectivity index (χ2v) is 3.32. The molecule has 0 unspecified atom stereocenters. The van der Waals surface area contributed by atoms with Gasteiger partial charge < -0.3 is 16.0 Å². The molecule has 2 heterocycles. The lowest BCUT2D eigenvalue weighted by Crippen LogP contribution is -2.03. The van der Waals surface area contributed by atoms with Crippen LogP contribution in [0.2, 0.25) is 0 Å². The van der Waals surface area contributed by atoms with E-state index in [1.165, 1.54) is 0 Å². The summed E-state index contributed by atoms with van der Waals surface area (Å²) in [4.78, 5) is 11.3. The van der Waals surface area contributed by atoms with Gasteiger partial charge in [-0.3, -0.25) is 0 Å². The molecule has 0 radical (unpaired) electrons. The Kier molecular flexibility index (Phi) is 2.53. The maximum Gasteiger partial charge on any atom is 0.126 e. The Morgan fingerprint density at radius 2 is 2.33 bits per heavy atom. The first-order chi connectivity index (χ1) is 7.25. The predicted octanol–water partition coefficient (Wildman–Crippen LogP) is 1.31. The number of pyridine rings is 1. The van der Waals surface area contributed by atoms with E-state index in [0.717, 1.165) is 17.2 Å². The average molecular weight is 203 g/mol. The van der Waals surface area contributed by atoms with Gasteiger partial charge in [0.1, 0.15) is 11.6 Å². The molecule has 0 aliphatic carbocycles. The summed E-state index contributed by atoms with van der Waals surface area (Å²) in [5, 5.41) is 3.15. The molecule has 2 aromatic heterocycles. The van der Waals surface area contributed by atoms with Crippen molar-refractivity contribution in [2.75, 3.05) is 11.1 Å². The van der Waals surface area contributed by atoms with E-state index in [1.807, 2.05) is 13.0 Å². The molecule has 0 aliphatic rings. The average Bonchev–Trinajstić information content (AvgIpc) is 2.73. The van der Waals surface area contributed by atoms with Gasteiger partial charge in [0.05, 0.1) is 18.4 Å². The second kappa shape index (κ2) is 4.00. The van der Waals surface area contributed by atoms with Gasteiger partial charge in [-0.1, -0.05) is 0 Å². The fraction of sp³-hybridized carbons (Fsp3) is 0.200. The Morgan fingerprint density at radius 3 is 3.00 bits per heavy atom. The molecule has 0 spiro atoms. The van der Waals surface area contributed by atoms with Crippen LogP contribution in [0.25, 0.3) is 0 Å². The van der Waals surface area contributed by atoms with Gasteiger partial charge in [-0.15, -0.1) is 0 Å². The molecule has 4 N–H and O–H groups in total. The minimum Gasteiger partial charge on any atom is -0.397 e. The van der Waals surface area contributed by atoms with E-state index in [4.69, 9.17) is 5.73 Å². The molecule has 0 aliphatic heterocycles. The third kappa shape index (κ3) is 2.25. The molecule has 0 fully saturated rings. The molecule has 2 aromatic rings. The third-order valence-electron chi connectivity index (χ3n) is 2.14. The van der Waals surface area contributed by atoms with Gasteiger partial charge >= 0.3 is 0 Å². The largest absolute Gasteiger partial charge is 0.397 e. The quantitative estimate of drug-likeness (QED) is 0.702. The number of rotatable bonds is 3. The van der Waals surface area contributed by atoms with Crippen molar-refractivity contribution in [2.24, 2.45) is 0 Å². The molecular formula is C10H13N5. The van der Waals surface area contributed by atoms with Crippen molar-refractivity contribution >= 4 is 11.5 Å². The monoisotopic (exact) mass is 203 g/mol. The number of aromatic nitrogens is 3. The zero-order valence-corrected chi connectivity index (χ0v) is 8.49. The lowest BCUT2D eigenvalue weighted by Gasteiger charge is -2.05. The van der Waals surface area contributed by atoms with E-state index < -0.39 is 0 Å². The maximum atomic E-state index is 5.67. The number of anilines is 2. The molecule has 2 rings (SSSR count). The lowest BCUT2D eigenvalue weighted by molar-refractivity contribution is 0.987. The van der Waals surface area contributed by atoms with E-state index in [2.05, 4.69) is 20.3 Å². The molecule has 5 heteroatoms. The van der Waals surface area contributed by atoms with Crippen LogP contribution in [0.15, 0.2) is 24.7 Å². The molecule has 15 heavy (non-hydrogen) atoms. The highest BCUT2D eigenvalue weighted by molar-refractivity contribution is 5.50. The standard InChI is InChI=1S/C10H13N5/c1-7-4-9(14-5-8(7)11)15-6-10-12-2-3-13-10/h2-5H,6,11H2,1H3,(H,12,13)(H,14,15). The van der Waals surface area contributed by atoms with Gasteiger partial charge in [0, 0.05) is 12.4 Å². The van der Waals surface area contributed by atoms with Gasteiger partial charge in [0.2, 0.25) is 0 Å². The molecule has 0 saturated carbocycles. The van der Waals surface area contributed by atoms with Gasteiger partial charge in [0.15, 0.2) is 0 Å². The van der Waals surface area contributed by atoms with Crippen LogP contribution >= 0.6 is 0 Å². The Balaban J connectivity index is 2.02. The first-order valence-corrected chi connectivity index (χ1v) is 4.70. The number of nitrogens with one attached hydrogen (secondary N) is 2. The highest BCUT2D eigenvalue weighted by atomic mass is 15.0. The third-order valence-corrected chi connectivity index (χ3v) is 2.14. The van der Waals surface area contributed by atoms with Crippen molar-refractivity contribution in [3.63, 3.8) is 0 Å². The van der Waals surface area contributed by atoms with Crippen LogP contribution in [0.3, 0.4) is 0 Å². The molecule has 0 saturated heterocycles. The number of hydrogen-bond acceptors (Lipinski definition) is 4. The zero-order valence-electron chi connectivity index (χ0n) is 8.49. The smallest absolute Gasteiger partial charge is 0.126 e. The number of nitrogens with two attached hydrogens (primary N) is 1. The minimum absolute atomic E-state index is 0.628. The number of nitrogens with zero attached hydrogens (tertiary/aromatic N) is 2. The first-order valence-electron chi connectivity index (χ1n) is 4.70. The normalized spacial score (nSPS) is 10.2. The van der Waals surface area contributed by atoms with Crippen LogP contribution in [0.5, 0.6) is 0 Å². The number of aryl methyl sites for hydroxylation is 1. The highest BCUT2D eigenvalue weighted by Crippen LogP contribution is 2.13. The van der Waals surface area contributed by atoms with Gasteiger partial charge in [-0.05, 0) is 18.6 Å². The number of nitrogen functional groups attached to an aromatic ring is 1. The number of imidazole rings is 1. The molecule has 0 amide bonds. The van der Waals surface area contributed by atoms with Crippen molar-refractivity contribution in [2.45, 2.75) is 13.5 Å². The van der Waals surface area contributed by atoms with Crippen molar-refractivity contribution < 1.29 is 0 Å². The van der Waals surface area contributed by atoms with Crippen molar-refractivity contribution in [1.29, 1.82) is 0 Å². The van der Waals surface area contributed by atoms with E-state index in [1.54, 1.807) is 18.6 Å². The molecule has 78 valence electrons. The summed E-state index contributed by atoms with van der Waals surface area (Å²) in [6.45, 7) is 2.58. The summed E-state index contributed by atoms with van der Waals surface area (Å²) in [5.41, 5.74) is 7.40. The van der Waals surface area contributed by atoms with Crippen LogP contribution in [0, 0.1) is 6.92 Å². The van der Waals surface area contributed by atoms with Gasteiger partial charge in [-0.25, -0.2) is 9.97 Å². The van der Waals surface area contributed by atoms with Crippen LogP contribution in [0.4, 0.5) is 11.5 Å².